The first kappa shape index (κ1) is 14.5. The van der Waals surface area contributed by atoms with Gasteiger partial charge in [-0.25, -0.2) is 0 Å². The number of ether oxygens (including phenoxy) is 1. The highest BCUT2D eigenvalue weighted by atomic mass is 16.5. The molecule has 0 fully saturated rings. The van der Waals surface area contributed by atoms with Crippen LogP contribution in [0.1, 0.15) is 27.2 Å². The van der Waals surface area contributed by atoms with E-state index >= 15 is 0 Å². The summed E-state index contributed by atoms with van der Waals surface area (Å²) in [4.78, 5) is 11.9. The van der Waals surface area contributed by atoms with E-state index in [1.165, 1.54) is 0 Å². The fourth-order valence-corrected chi connectivity index (χ4v) is 1.54. The summed E-state index contributed by atoms with van der Waals surface area (Å²) in [6.45, 7) is 6.56. The molecule has 1 aromatic carbocycles. The van der Waals surface area contributed by atoms with E-state index in [4.69, 9.17) is 10.5 Å². The first-order valence-corrected chi connectivity index (χ1v) is 6.37. The lowest BCUT2D eigenvalue weighted by Gasteiger charge is -2.17. The molecule has 0 saturated carbocycles. The Balaban J connectivity index is 2.59. The van der Waals surface area contributed by atoms with Gasteiger partial charge in [-0.15, -0.1) is 0 Å². The lowest BCUT2D eigenvalue weighted by atomic mass is 9.99. The Labute approximate surface area is 109 Å². The number of rotatable bonds is 6. The van der Waals surface area contributed by atoms with Gasteiger partial charge in [0.1, 0.15) is 5.75 Å². The number of carbonyl (C=O) groups excluding carboxylic acids is 1. The normalized spacial score (nSPS) is 13.8. The molecule has 1 aromatic rings. The van der Waals surface area contributed by atoms with Crippen LogP contribution in [-0.4, -0.2) is 18.6 Å². The quantitative estimate of drug-likeness (QED) is 0.814. The molecular formula is C14H22N2O2. The average molecular weight is 250 g/mol. The molecule has 4 heteroatoms. The molecule has 18 heavy (non-hydrogen) atoms. The van der Waals surface area contributed by atoms with E-state index in [0.29, 0.717) is 6.61 Å². The highest BCUT2D eigenvalue weighted by molar-refractivity contribution is 5.94. The molecule has 0 aliphatic heterocycles. The highest BCUT2D eigenvalue weighted by Crippen LogP contribution is 2.16. The molecule has 4 nitrogen and oxygen atoms in total. The summed E-state index contributed by atoms with van der Waals surface area (Å²) < 4.78 is 5.33. The minimum atomic E-state index is -0.471. The molecule has 0 radical (unpaired) electrons. The number of hydrogen-bond acceptors (Lipinski definition) is 3. The van der Waals surface area contributed by atoms with E-state index in [2.05, 4.69) is 5.32 Å². The second-order valence-electron chi connectivity index (χ2n) is 4.36. The number of nitrogens with one attached hydrogen (secondary N) is 1. The maximum atomic E-state index is 11.9. The van der Waals surface area contributed by atoms with Crippen LogP contribution in [0.25, 0.3) is 0 Å². The molecule has 0 saturated heterocycles. The number of benzene rings is 1. The second kappa shape index (κ2) is 7.01. The van der Waals surface area contributed by atoms with Crippen molar-refractivity contribution in [3.63, 3.8) is 0 Å². The van der Waals surface area contributed by atoms with Crippen LogP contribution in [0.3, 0.4) is 0 Å². The van der Waals surface area contributed by atoms with Crippen molar-refractivity contribution in [2.24, 2.45) is 11.7 Å². The van der Waals surface area contributed by atoms with Crippen LogP contribution >= 0.6 is 0 Å². The fraction of sp³-hybridized carbons (Fsp3) is 0.500. The Kier molecular flexibility index (Phi) is 5.65. The number of carbonyl (C=O) groups is 1. The van der Waals surface area contributed by atoms with Crippen LogP contribution < -0.4 is 15.8 Å². The Morgan fingerprint density at radius 1 is 1.33 bits per heavy atom. The van der Waals surface area contributed by atoms with Crippen molar-refractivity contribution >= 4 is 11.6 Å². The molecule has 100 valence electrons. The van der Waals surface area contributed by atoms with Gasteiger partial charge in [-0.3, -0.25) is 4.79 Å². The first-order valence-electron chi connectivity index (χ1n) is 6.37. The lowest BCUT2D eigenvalue weighted by molar-refractivity contribution is -0.118. The average Bonchev–Trinajstić information content (AvgIpc) is 2.39. The molecule has 0 aromatic heterocycles. The van der Waals surface area contributed by atoms with Crippen molar-refractivity contribution in [3.8, 4) is 5.75 Å². The van der Waals surface area contributed by atoms with Crippen LogP contribution in [0.2, 0.25) is 0 Å². The number of amides is 1. The molecule has 1 rings (SSSR count). The zero-order valence-electron chi connectivity index (χ0n) is 11.3. The second-order valence-corrected chi connectivity index (χ2v) is 4.36. The minimum absolute atomic E-state index is 0.145. The SMILES string of the molecule is CCOc1ccc(NC(=O)[C@@H](N)[C@@H](C)CC)cc1. The van der Waals surface area contributed by atoms with Gasteiger partial charge in [0, 0.05) is 5.69 Å². The predicted octanol–water partition coefficient (Wildman–Crippen LogP) is 2.40. The molecule has 1 amide bonds. The summed E-state index contributed by atoms with van der Waals surface area (Å²) in [5.74, 6) is 0.822. The molecule has 3 N–H and O–H groups in total. The molecule has 0 unspecified atom stereocenters. The Morgan fingerprint density at radius 3 is 2.44 bits per heavy atom. The van der Waals surface area contributed by atoms with Crippen molar-refractivity contribution in [2.45, 2.75) is 33.2 Å². The molecule has 0 aliphatic rings. The summed E-state index contributed by atoms with van der Waals surface area (Å²) in [7, 11) is 0. The number of nitrogens with two attached hydrogens (primary N) is 1. The Hall–Kier alpha value is -1.55. The van der Waals surface area contributed by atoms with Gasteiger partial charge in [-0.2, -0.15) is 0 Å². The molecular weight excluding hydrogens is 228 g/mol. The third-order valence-electron chi connectivity index (χ3n) is 2.99. The summed E-state index contributed by atoms with van der Waals surface area (Å²) in [6.07, 6.45) is 0.887. The Bertz CT molecular complexity index is 376. The molecule has 0 bridgehead atoms. The predicted molar refractivity (Wildman–Crippen MR) is 73.7 cm³/mol. The smallest absolute Gasteiger partial charge is 0.241 e. The zero-order valence-corrected chi connectivity index (χ0v) is 11.3. The van der Waals surface area contributed by atoms with Gasteiger partial charge in [0.15, 0.2) is 0 Å². The van der Waals surface area contributed by atoms with Crippen LogP contribution in [0.15, 0.2) is 24.3 Å². The monoisotopic (exact) mass is 250 g/mol. The van der Waals surface area contributed by atoms with Gasteiger partial charge < -0.3 is 15.8 Å². The summed E-state index contributed by atoms with van der Waals surface area (Å²) >= 11 is 0. The van der Waals surface area contributed by atoms with Crippen molar-refractivity contribution in [3.05, 3.63) is 24.3 Å². The van der Waals surface area contributed by atoms with Crippen LogP contribution in [0, 0.1) is 5.92 Å². The number of anilines is 1. The lowest BCUT2D eigenvalue weighted by Crippen LogP contribution is -2.40. The highest BCUT2D eigenvalue weighted by Gasteiger charge is 2.19. The zero-order chi connectivity index (χ0) is 13.5. The van der Waals surface area contributed by atoms with Gasteiger partial charge in [0.05, 0.1) is 12.6 Å². The van der Waals surface area contributed by atoms with Gasteiger partial charge in [0.2, 0.25) is 5.91 Å². The van der Waals surface area contributed by atoms with Gasteiger partial charge in [0.25, 0.3) is 0 Å². The van der Waals surface area contributed by atoms with Crippen molar-refractivity contribution in [1.82, 2.24) is 0 Å². The Morgan fingerprint density at radius 2 is 1.94 bits per heavy atom. The van der Waals surface area contributed by atoms with E-state index in [1.807, 2.05) is 45.0 Å². The molecule has 0 aliphatic carbocycles. The van der Waals surface area contributed by atoms with Gasteiger partial charge >= 0.3 is 0 Å². The maximum absolute atomic E-state index is 11.9. The third kappa shape index (κ3) is 4.04. The van der Waals surface area contributed by atoms with E-state index in [9.17, 15) is 4.79 Å². The van der Waals surface area contributed by atoms with Crippen LogP contribution in [0.5, 0.6) is 5.75 Å². The van der Waals surface area contributed by atoms with E-state index in [-0.39, 0.29) is 11.8 Å². The third-order valence-corrected chi connectivity index (χ3v) is 2.99. The largest absolute Gasteiger partial charge is 0.494 e. The van der Waals surface area contributed by atoms with Crippen molar-refractivity contribution in [2.75, 3.05) is 11.9 Å². The van der Waals surface area contributed by atoms with Crippen LogP contribution in [-0.2, 0) is 4.79 Å². The van der Waals surface area contributed by atoms with E-state index in [1.54, 1.807) is 0 Å². The molecule has 2 atom stereocenters. The van der Waals surface area contributed by atoms with Crippen LogP contribution in [0.4, 0.5) is 5.69 Å². The van der Waals surface area contributed by atoms with Gasteiger partial charge in [-0.1, -0.05) is 20.3 Å². The van der Waals surface area contributed by atoms with Gasteiger partial charge in [-0.05, 0) is 37.1 Å². The topological polar surface area (TPSA) is 64.3 Å². The minimum Gasteiger partial charge on any atom is -0.494 e. The molecule has 0 spiro atoms. The summed E-state index contributed by atoms with van der Waals surface area (Å²) in [6, 6.07) is 6.81. The maximum Gasteiger partial charge on any atom is 0.241 e. The van der Waals surface area contributed by atoms with E-state index < -0.39 is 6.04 Å². The number of hydrogen-bond donors (Lipinski definition) is 2. The fourth-order valence-electron chi connectivity index (χ4n) is 1.54. The molecule has 0 heterocycles. The standard InChI is InChI=1S/C14H22N2O2/c1-4-10(3)13(15)14(17)16-11-6-8-12(9-7-11)18-5-2/h6-10,13H,4-5,15H2,1-3H3,(H,16,17)/t10-,13-/m0/s1. The van der Waals surface area contributed by atoms with Crippen molar-refractivity contribution in [1.29, 1.82) is 0 Å². The van der Waals surface area contributed by atoms with E-state index in [0.717, 1.165) is 17.9 Å². The summed E-state index contributed by atoms with van der Waals surface area (Å²) in [5, 5.41) is 2.81. The summed E-state index contributed by atoms with van der Waals surface area (Å²) in [5.41, 5.74) is 6.60. The van der Waals surface area contributed by atoms with Crippen molar-refractivity contribution < 1.29 is 9.53 Å². The first-order chi connectivity index (χ1) is 8.58.